The molecule has 1 saturated heterocycles. The summed E-state index contributed by atoms with van der Waals surface area (Å²) >= 11 is 0.827. The SMILES string of the molecule is CCOC(=O)CN1C(=O)S/C(=C\c2ccn(C)c2)C1=O. The summed E-state index contributed by atoms with van der Waals surface area (Å²) in [5, 5.41) is -0.453. The maximum Gasteiger partial charge on any atom is 0.326 e. The second-order valence-corrected chi connectivity index (χ2v) is 5.18. The zero-order valence-corrected chi connectivity index (χ0v) is 12.0. The number of aryl methyl sites for hydroxylation is 1. The van der Waals surface area contributed by atoms with Gasteiger partial charge in [0.1, 0.15) is 6.54 Å². The van der Waals surface area contributed by atoms with Crippen LogP contribution in [0.5, 0.6) is 0 Å². The molecule has 1 aromatic rings. The highest BCUT2D eigenvalue weighted by molar-refractivity contribution is 8.18. The largest absolute Gasteiger partial charge is 0.465 e. The Morgan fingerprint density at radius 1 is 1.45 bits per heavy atom. The Hall–Kier alpha value is -2.02. The summed E-state index contributed by atoms with van der Waals surface area (Å²) in [6.45, 7) is 1.54. The van der Waals surface area contributed by atoms with Gasteiger partial charge in [0.25, 0.3) is 11.1 Å². The molecule has 6 nitrogen and oxygen atoms in total. The van der Waals surface area contributed by atoms with Crippen molar-refractivity contribution >= 4 is 35.0 Å². The van der Waals surface area contributed by atoms with Crippen molar-refractivity contribution in [2.75, 3.05) is 13.2 Å². The fourth-order valence-electron chi connectivity index (χ4n) is 1.73. The van der Waals surface area contributed by atoms with Gasteiger partial charge in [0.15, 0.2) is 0 Å². The Bertz CT molecular complexity index is 591. The molecule has 1 fully saturated rings. The van der Waals surface area contributed by atoms with Crippen LogP contribution in [-0.4, -0.2) is 39.7 Å². The number of thioether (sulfide) groups is 1. The number of ether oxygens (including phenoxy) is 1. The Balaban J connectivity index is 2.12. The molecule has 0 N–H and O–H groups in total. The minimum absolute atomic E-state index is 0.217. The van der Waals surface area contributed by atoms with E-state index in [-0.39, 0.29) is 13.2 Å². The predicted octanol–water partition coefficient (Wildman–Crippen LogP) is 1.62. The molecular formula is C13H14N2O4S. The molecular weight excluding hydrogens is 280 g/mol. The summed E-state index contributed by atoms with van der Waals surface area (Å²) in [6, 6.07) is 1.83. The third-order valence-electron chi connectivity index (χ3n) is 2.62. The average Bonchev–Trinajstić information content (AvgIpc) is 2.89. The van der Waals surface area contributed by atoms with Crippen molar-refractivity contribution in [3.8, 4) is 0 Å². The first-order chi connectivity index (χ1) is 9.51. The molecule has 2 amide bonds. The summed E-state index contributed by atoms with van der Waals surface area (Å²) in [6.07, 6.45) is 5.31. The van der Waals surface area contributed by atoms with Gasteiger partial charge in [-0.05, 0) is 36.4 Å². The molecule has 106 valence electrons. The standard InChI is InChI=1S/C13H14N2O4S/c1-3-19-11(16)8-15-12(17)10(20-13(15)18)6-9-4-5-14(2)7-9/h4-7H,3,8H2,1-2H3/b10-6-. The van der Waals surface area contributed by atoms with E-state index in [1.807, 2.05) is 30.1 Å². The van der Waals surface area contributed by atoms with Gasteiger partial charge in [0.05, 0.1) is 11.5 Å². The topological polar surface area (TPSA) is 68.6 Å². The van der Waals surface area contributed by atoms with E-state index in [4.69, 9.17) is 4.74 Å². The van der Waals surface area contributed by atoms with Crippen molar-refractivity contribution in [1.29, 1.82) is 0 Å². The molecule has 0 bridgehead atoms. The van der Waals surface area contributed by atoms with Crippen molar-refractivity contribution in [3.05, 3.63) is 28.9 Å². The number of imide groups is 1. The molecule has 2 heterocycles. The van der Waals surface area contributed by atoms with Crippen LogP contribution in [0.15, 0.2) is 23.4 Å². The lowest BCUT2D eigenvalue weighted by molar-refractivity contribution is -0.145. The van der Waals surface area contributed by atoms with E-state index in [1.54, 1.807) is 13.0 Å². The molecule has 0 aromatic carbocycles. The third kappa shape index (κ3) is 3.11. The quantitative estimate of drug-likeness (QED) is 0.623. The van der Waals surface area contributed by atoms with Gasteiger partial charge in [-0.3, -0.25) is 19.3 Å². The van der Waals surface area contributed by atoms with Crippen molar-refractivity contribution in [3.63, 3.8) is 0 Å². The number of carbonyl (C=O) groups is 3. The van der Waals surface area contributed by atoms with Crippen LogP contribution < -0.4 is 0 Å². The molecule has 0 saturated carbocycles. The number of hydrogen-bond acceptors (Lipinski definition) is 5. The van der Waals surface area contributed by atoms with E-state index in [2.05, 4.69) is 0 Å². The van der Waals surface area contributed by atoms with Gasteiger partial charge in [-0.2, -0.15) is 0 Å². The second-order valence-electron chi connectivity index (χ2n) is 4.18. The minimum atomic E-state index is -0.587. The Morgan fingerprint density at radius 3 is 2.80 bits per heavy atom. The highest BCUT2D eigenvalue weighted by atomic mass is 32.2. The lowest BCUT2D eigenvalue weighted by Crippen LogP contribution is -2.34. The number of esters is 1. The lowest BCUT2D eigenvalue weighted by Gasteiger charge is -2.10. The molecule has 0 aliphatic carbocycles. The van der Waals surface area contributed by atoms with E-state index in [1.165, 1.54) is 0 Å². The van der Waals surface area contributed by atoms with E-state index < -0.39 is 17.1 Å². The first-order valence-corrected chi connectivity index (χ1v) is 6.86. The van der Waals surface area contributed by atoms with Crippen LogP contribution in [-0.2, 0) is 21.4 Å². The van der Waals surface area contributed by atoms with E-state index >= 15 is 0 Å². The number of carbonyl (C=O) groups excluding carboxylic acids is 3. The van der Waals surface area contributed by atoms with E-state index in [0.717, 1.165) is 22.2 Å². The monoisotopic (exact) mass is 294 g/mol. The van der Waals surface area contributed by atoms with E-state index in [0.29, 0.717) is 4.91 Å². The van der Waals surface area contributed by atoms with E-state index in [9.17, 15) is 14.4 Å². The normalized spacial score (nSPS) is 17.1. The molecule has 0 radical (unpaired) electrons. The second kappa shape index (κ2) is 5.96. The summed E-state index contributed by atoms with van der Waals surface area (Å²) < 4.78 is 6.58. The predicted molar refractivity (Wildman–Crippen MR) is 74.7 cm³/mol. The fourth-order valence-corrected chi connectivity index (χ4v) is 2.57. The summed E-state index contributed by atoms with van der Waals surface area (Å²) in [5.41, 5.74) is 0.828. The number of rotatable bonds is 4. The molecule has 7 heteroatoms. The molecule has 0 atom stereocenters. The molecule has 2 rings (SSSR count). The number of nitrogens with zero attached hydrogens (tertiary/aromatic N) is 2. The summed E-state index contributed by atoms with van der Waals surface area (Å²) in [5.74, 6) is -1.05. The van der Waals surface area contributed by atoms with Crippen molar-refractivity contribution in [2.24, 2.45) is 7.05 Å². The molecule has 0 unspecified atom stereocenters. The van der Waals surface area contributed by atoms with Crippen LogP contribution in [0.4, 0.5) is 4.79 Å². The van der Waals surface area contributed by atoms with Crippen LogP contribution in [0.25, 0.3) is 6.08 Å². The Morgan fingerprint density at radius 2 is 2.20 bits per heavy atom. The van der Waals surface area contributed by atoms with Gasteiger partial charge in [-0.1, -0.05) is 0 Å². The highest BCUT2D eigenvalue weighted by Gasteiger charge is 2.36. The van der Waals surface area contributed by atoms with Crippen molar-refractivity contribution < 1.29 is 19.1 Å². The van der Waals surface area contributed by atoms with Crippen LogP contribution in [0, 0.1) is 0 Å². The third-order valence-corrected chi connectivity index (χ3v) is 3.53. The molecule has 1 aliphatic heterocycles. The van der Waals surface area contributed by atoms with Crippen LogP contribution in [0.3, 0.4) is 0 Å². The maximum atomic E-state index is 12.1. The Labute approximate surface area is 120 Å². The number of aromatic nitrogens is 1. The lowest BCUT2D eigenvalue weighted by atomic mass is 10.3. The fraction of sp³-hybridized carbons (Fsp3) is 0.308. The minimum Gasteiger partial charge on any atom is -0.465 e. The van der Waals surface area contributed by atoms with Gasteiger partial charge in [0.2, 0.25) is 0 Å². The summed E-state index contributed by atoms with van der Waals surface area (Å²) in [7, 11) is 1.86. The number of hydrogen-bond donors (Lipinski definition) is 0. The summed E-state index contributed by atoms with van der Waals surface area (Å²) in [4.78, 5) is 36.4. The first kappa shape index (κ1) is 14.4. The van der Waals surface area contributed by atoms with Gasteiger partial charge in [-0.15, -0.1) is 0 Å². The maximum absolute atomic E-state index is 12.1. The van der Waals surface area contributed by atoms with Crippen molar-refractivity contribution in [2.45, 2.75) is 6.92 Å². The van der Waals surface area contributed by atoms with Gasteiger partial charge < -0.3 is 9.30 Å². The smallest absolute Gasteiger partial charge is 0.326 e. The average molecular weight is 294 g/mol. The molecule has 20 heavy (non-hydrogen) atoms. The number of amides is 2. The van der Waals surface area contributed by atoms with Crippen LogP contribution in [0.1, 0.15) is 12.5 Å². The van der Waals surface area contributed by atoms with Gasteiger partial charge in [-0.25, -0.2) is 0 Å². The van der Waals surface area contributed by atoms with Gasteiger partial charge in [0, 0.05) is 19.4 Å². The zero-order valence-electron chi connectivity index (χ0n) is 11.2. The highest BCUT2D eigenvalue weighted by Crippen LogP contribution is 2.32. The van der Waals surface area contributed by atoms with Crippen LogP contribution >= 0.6 is 11.8 Å². The molecule has 1 aromatic heterocycles. The zero-order chi connectivity index (χ0) is 14.7. The molecule has 0 spiro atoms. The molecule has 1 aliphatic rings. The van der Waals surface area contributed by atoms with Crippen LogP contribution in [0.2, 0.25) is 0 Å². The van der Waals surface area contributed by atoms with Crippen molar-refractivity contribution in [1.82, 2.24) is 9.47 Å². The first-order valence-electron chi connectivity index (χ1n) is 6.04. The van der Waals surface area contributed by atoms with Gasteiger partial charge >= 0.3 is 5.97 Å². The Kier molecular flexibility index (Phi) is 4.29.